The van der Waals surface area contributed by atoms with Gasteiger partial charge < -0.3 is 9.84 Å². The zero-order chi connectivity index (χ0) is 15.8. The van der Waals surface area contributed by atoms with Gasteiger partial charge in [-0.1, -0.05) is 25.9 Å². The minimum absolute atomic E-state index is 0.0462. The summed E-state index contributed by atoms with van der Waals surface area (Å²) in [6.45, 7) is 13.4. The standard InChI is InChI=1S/C16H26N4O/c1-10(14-11(2)19-21-12(14)3)17-8-13-9-20(7)18-15(13)16(4,5)6/h9-10,17H,8H2,1-7H3. The van der Waals surface area contributed by atoms with Crippen LogP contribution in [0, 0.1) is 13.8 Å². The van der Waals surface area contributed by atoms with Gasteiger partial charge in [0.1, 0.15) is 5.76 Å². The van der Waals surface area contributed by atoms with E-state index in [4.69, 9.17) is 4.52 Å². The summed E-state index contributed by atoms with van der Waals surface area (Å²) in [6.07, 6.45) is 2.09. The quantitative estimate of drug-likeness (QED) is 0.939. The molecular formula is C16H26N4O. The van der Waals surface area contributed by atoms with Gasteiger partial charge in [0.05, 0.1) is 11.4 Å². The van der Waals surface area contributed by atoms with Crippen molar-refractivity contribution in [2.45, 2.75) is 59.5 Å². The van der Waals surface area contributed by atoms with E-state index >= 15 is 0 Å². The SMILES string of the molecule is Cc1noc(C)c1C(C)NCc1cn(C)nc1C(C)(C)C. The Morgan fingerprint density at radius 2 is 2.00 bits per heavy atom. The molecule has 1 atom stereocenters. The molecular weight excluding hydrogens is 264 g/mol. The van der Waals surface area contributed by atoms with Crippen LogP contribution in [0.2, 0.25) is 0 Å². The van der Waals surface area contributed by atoms with Crippen LogP contribution in [-0.2, 0) is 19.0 Å². The Kier molecular flexibility index (Phi) is 4.23. The summed E-state index contributed by atoms with van der Waals surface area (Å²) in [5, 5.41) is 12.2. The fourth-order valence-electron chi connectivity index (χ4n) is 2.77. The van der Waals surface area contributed by atoms with Crippen LogP contribution in [0.5, 0.6) is 0 Å². The second-order valence-corrected chi connectivity index (χ2v) is 6.77. The minimum atomic E-state index is 0.0462. The Balaban J connectivity index is 2.14. The zero-order valence-corrected chi connectivity index (χ0v) is 14.1. The molecule has 5 heteroatoms. The van der Waals surface area contributed by atoms with E-state index in [2.05, 4.69) is 49.5 Å². The first-order chi connectivity index (χ1) is 9.70. The maximum atomic E-state index is 5.24. The second-order valence-electron chi connectivity index (χ2n) is 6.77. The normalized spacial score (nSPS) is 13.7. The Labute approximate surface area is 126 Å². The molecule has 2 rings (SSSR count). The van der Waals surface area contributed by atoms with E-state index in [1.165, 1.54) is 5.56 Å². The number of aryl methyl sites for hydroxylation is 3. The first-order valence-electron chi connectivity index (χ1n) is 7.39. The highest BCUT2D eigenvalue weighted by Gasteiger charge is 2.23. The number of aromatic nitrogens is 3. The number of hydrogen-bond donors (Lipinski definition) is 1. The third-order valence-electron chi connectivity index (χ3n) is 3.74. The fourth-order valence-corrected chi connectivity index (χ4v) is 2.77. The van der Waals surface area contributed by atoms with E-state index in [9.17, 15) is 0 Å². The molecule has 0 aliphatic heterocycles. The first kappa shape index (κ1) is 15.8. The molecule has 2 aromatic heterocycles. The van der Waals surface area contributed by atoms with Gasteiger partial charge in [-0.2, -0.15) is 5.10 Å². The van der Waals surface area contributed by atoms with Crippen LogP contribution >= 0.6 is 0 Å². The average molecular weight is 290 g/mol. The van der Waals surface area contributed by atoms with Crippen molar-refractivity contribution in [3.05, 3.63) is 34.5 Å². The van der Waals surface area contributed by atoms with Gasteiger partial charge >= 0.3 is 0 Å². The zero-order valence-electron chi connectivity index (χ0n) is 14.1. The van der Waals surface area contributed by atoms with Gasteiger partial charge in [0.15, 0.2) is 0 Å². The van der Waals surface area contributed by atoms with Crippen LogP contribution in [0.25, 0.3) is 0 Å². The largest absolute Gasteiger partial charge is 0.361 e. The van der Waals surface area contributed by atoms with E-state index in [-0.39, 0.29) is 11.5 Å². The van der Waals surface area contributed by atoms with Gasteiger partial charge in [0.25, 0.3) is 0 Å². The summed E-state index contributed by atoms with van der Waals surface area (Å²) < 4.78 is 7.13. The molecule has 0 saturated carbocycles. The molecule has 2 aromatic rings. The van der Waals surface area contributed by atoms with Crippen LogP contribution in [0.3, 0.4) is 0 Å². The number of nitrogens with zero attached hydrogens (tertiary/aromatic N) is 3. The summed E-state index contributed by atoms with van der Waals surface area (Å²) in [7, 11) is 1.97. The third-order valence-corrected chi connectivity index (χ3v) is 3.74. The molecule has 116 valence electrons. The maximum absolute atomic E-state index is 5.24. The lowest BCUT2D eigenvalue weighted by Crippen LogP contribution is -2.22. The summed E-state index contributed by atoms with van der Waals surface area (Å²) in [4.78, 5) is 0. The van der Waals surface area contributed by atoms with Gasteiger partial charge in [0, 0.05) is 42.4 Å². The lowest BCUT2D eigenvalue weighted by molar-refractivity contribution is 0.390. The molecule has 1 N–H and O–H groups in total. The number of rotatable bonds is 4. The molecule has 0 spiro atoms. The van der Waals surface area contributed by atoms with Gasteiger partial charge in [0.2, 0.25) is 0 Å². The molecule has 0 radical (unpaired) electrons. The van der Waals surface area contributed by atoms with E-state index in [1.807, 2.05) is 25.6 Å². The van der Waals surface area contributed by atoms with Crippen LogP contribution in [0.15, 0.2) is 10.7 Å². The summed E-state index contributed by atoms with van der Waals surface area (Å²) in [5.74, 6) is 0.884. The molecule has 0 amide bonds. The van der Waals surface area contributed by atoms with Crippen molar-refractivity contribution in [2.24, 2.45) is 7.05 Å². The van der Waals surface area contributed by atoms with E-state index in [1.54, 1.807) is 0 Å². The summed E-state index contributed by atoms with van der Waals surface area (Å²) >= 11 is 0. The Bertz CT molecular complexity index is 599. The fraction of sp³-hybridized carbons (Fsp3) is 0.625. The lowest BCUT2D eigenvalue weighted by atomic mass is 9.89. The Morgan fingerprint density at radius 1 is 1.33 bits per heavy atom. The predicted molar refractivity (Wildman–Crippen MR) is 83.1 cm³/mol. The molecule has 0 saturated heterocycles. The molecule has 1 unspecified atom stereocenters. The second kappa shape index (κ2) is 5.64. The van der Waals surface area contributed by atoms with Crippen molar-refractivity contribution in [2.75, 3.05) is 0 Å². The molecule has 0 fully saturated rings. The minimum Gasteiger partial charge on any atom is -0.361 e. The van der Waals surface area contributed by atoms with Crippen molar-refractivity contribution in [1.29, 1.82) is 0 Å². The maximum Gasteiger partial charge on any atom is 0.138 e. The van der Waals surface area contributed by atoms with Crippen LogP contribution in [0.1, 0.15) is 62.0 Å². The molecule has 0 aromatic carbocycles. The third kappa shape index (κ3) is 3.35. The van der Waals surface area contributed by atoms with Crippen LogP contribution < -0.4 is 5.32 Å². The highest BCUT2D eigenvalue weighted by Crippen LogP contribution is 2.25. The van der Waals surface area contributed by atoms with Crippen LogP contribution in [0.4, 0.5) is 0 Å². The summed E-state index contributed by atoms with van der Waals surface area (Å²) in [6, 6.07) is 0.198. The number of nitrogens with one attached hydrogen (secondary N) is 1. The van der Waals surface area contributed by atoms with E-state index in [0.29, 0.717) is 0 Å². The topological polar surface area (TPSA) is 55.9 Å². The lowest BCUT2D eigenvalue weighted by Gasteiger charge is -2.19. The molecule has 0 aliphatic rings. The molecule has 2 heterocycles. The van der Waals surface area contributed by atoms with Gasteiger partial charge in [-0.25, -0.2) is 0 Å². The summed E-state index contributed by atoms with van der Waals surface area (Å²) in [5.41, 5.74) is 4.53. The Morgan fingerprint density at radius 3 is 2.52 bits per heavy atom. The molecule has 5 nitrogen and oxygen atoms in total. The Hall–Kier alpha value is -1.62. The predicted octanol–water partition coefficient (Wildman–Crippen LogP) is 3.17. The highest BCUT2D eigenvalue weighted by atomic mass is 16.5. The smallest absolute Gasteiger partial charge is 0.138 e. The highest BCUT2D eigenvalue weighted by molar-refractivity contribution is 5.26. The van der Waals surface area contributed by atoms with Crippen molar-refractivity contribution in [3.63, 3.8) is 0 Å². The van der Waals surface area contributed by atoms with Gasteiger partial charge in [-0.3, -0.25) is 4.68 Å². The van der Waals surface area contributed by atoms with Crippen LogP contribution in [-0.4, -0.2) is 14.9 Å². The monoisotopic (exact) mass is 290 g/mol. The van der Waals surface area contributed by atoms with Gasteiger partial charge in [-0.15, -0.1) is 0 Å². The molecule has 0 aliphatic carbocycles. The van der Waals surface area contributed by atoms with Crippen molar-refractivity contribution in [3.8, 4) is 0 Å². The van der Waals surface area contributed by atoms with Crippen molar-refractivity contribution >= 4 is 0 Å². The molecule has 21 heavy (non-hydrogen) atoms. The van der Waals surface area contributed by atoms with Crippen molar-refractivity contribution < 1.29 is 4.52 Å². The van der Waals surface area contributed by atoms with Crippen molar-refractivity contribution in [1.82, 2.24) is 20.3 Å². The first-order valence-corrected chi connectivity index (χ1v) is 7.39. The van der Waals surface area contributed by atoms with E-state index < -0.39 is 0 Å². The molecule has 0 bridgehead atoms. The van der Waals surface area contributed by atoms with Gasteiger partial charge in [-0.05, 0) is 20.8 Å². The number of hydrogen-bond acceptors (Lipinski definition) is 4. The van der Waals surface area contributed by atoms with E-state index in [0.717, 1.165) is 29.3 Å². The average Bonchev–Trinajstić information content (AvgIpc) is 2.89.